The molecule has 1 aromatic carbocycles. The molecule has 0 bridgehead atoms. The van der Waals surface area contributed by atoms with Crippen molar-refractivity contribution in [3.63, 3.8) is 0 Å². The molecule has 0 heterocycles. The first-order valence-corrected chi connectivity index (χ1v) is 6.01. The van der Waals surface area contributed by atoms with Crippen LogP contribution in [0.2, 0.25) is 0 Å². The van der Waals surface area contributed by atoms with Crippen LogP contribution >= 0.6 is 0 Å². The summed E-state index contributed by atoms with van der Waals surface area (Å²) in [4.78, 5) is 0. The fraction of sp³-hybridized carbons (Fsp3) is 0.333. The number of hydrogen-bond acceptors (Lipinski definition) is 6. The van der Waals surface area contributed by atoms with Gasteiger partial charge in [0.25, 0.3) is 0 Å². The van der Waals surface area contributed by atoms with Gasteiger partial charge in [0, 0.05) is 12.1 Å². The second-order valence-electron chi connectivity index (χ2n) is 3.01. The Labute approximate surface area is 104 Å². The third-order valence-corrected chi connectivity index (χ3v) is 2.22. The van der Waals surface area contributed by atoms with Crippen LogP contribution in [0.15, 0.2) is 21.8 Å². The molecule has 0 saturated carbocycles. The Kier molecular flexibility index (Phi) is 4.45. The highest BCUT2D eigenvalue weighted by atomic mass is 32.2. The van der Waals surface area contributed by atoms with Gasteiger partial charge in [-0.15, -0.1) is 5.11 Å². The van der Waals surface area contributed by atoms with Gasteiger partial charge in [0.2, 0.25) is 0 Å². The van der Waals surface area contributed by atoms with Crippen LogP contribution in [-0.2, 0) is 10.3 Å². The zero-order valence-corrected chi connectivity index (χ0v) is 10.8. The number of hydrogen-bond donors (Lipinski definition) is 1. The Hall–Kier alpha value is -1.87. The summed E-state index contributed by atoms with van der Waals surface area (Å²) in [5.74, 6) is 0.933. The van der Waals surface area contributed by atoms with E-state index in [1.807, 2.05) is 0 Å². The molecule has 1 N–H and O–H groups in total. The fourth-order valence-electron chi connectivity index (χ4n) is 1.19. The molecule has 100 valence electrons. The first kappa shape index (κ1) is 14.2. The summed E-state index contributed by atoms with van der Waals surface area (Å²) in [7, 11) is -0.331. The lowest BCUT2D eigenvalue weighted by molar-refractivity contribution is 0.349. The summed E-state index contributed by atoms with van der Waals surface area (Å²) < 4.78 is 47.2. The van der Waals surface area contributed by atoms with Crippen LogP contribution < -0.4 is 14.2 Å². The van der Waals surface area contributed by atoms with Crippen molar-refractivity contribution in [1.29, 1.82) is 0 Å². The van der Waals surface area contributed by atoms with Crippen molar-refractivity contribution in [1.82, 2.24) is 0 Å². The maximum absolute atomic E-state index is 10.5. The molecular formula is C9H12N2O6S. The summed E-state index contributed by atoms with van der Waals surface area (Å²) in [5, 5.41) is 3.36. The molecule has 9 heteroatoms. The van der Waals surface area contributed by atoms with Gasteiger partial charge in [0.1, 0.15) is 11.4 Å². The third-order valence-electron chi connectivity index (χ3n) is 1.94. The minimum absolute atomic E-state index is 0.0766. The van der Waals surface area contributed by atoms with Crippen molar-refractivity contribution in [3.8, 4) is 17.2 Å². The Morgan fingerprint density at radius 3 is 1.94 bits per heavy atom. The molecule has 18 heavy (non-hydrogen) atoms. The first-order chi connectivity index (χ1) is 8.41. The second-order valence-corrected chi connectivity index (χ2v) is 4.07. The van der Waals surface area contributed by atoms with Crippen molar-refractivity contribution >= 4 is 16.0 Å². The molecule has 0 aliphatic rings. The number of benzene rings is 1. The number of nitrogens with zero attached hydrogens (tertiary/aromatic N) is 2. The van der Waals surface area contributed by atoms with Crippen LogP contribution in [0.5, 0.6) is 17.2 Å². The molecule has 0 amide bonds. The highest BCUT2D eigenvalue weighted by molar-refractivity contribution is 7.84. The van der Waals surface area contributed by atoms with Gasteiger partial charge in [-0.05, 0) is 4.52 Å². The van der Waals surface area contributed by atoms with E-state index in [0.29, 0.717) is 11.5 Å². The van der Waals surface area contributed by atoms with Crippen LogP contribution in [-0.4, -0.2) is 34.3 Å². The topological polar surface area (TPSA) is 107 Å². The average Bonchev–Trinajstić information content (AvgIpc) is 2.34. The predicted octanol–water partition coefficient (Wildman–Crippen LogP) is 1.60. The minimum atomic E-state index is -4.55. The quantitative estimate of drug-likeness (QED) is 0.646. The van der Waals surface area contributed by atoms with Gasteiger partial charge < -0.3 is 14.2 Å². The highest BCUT2D eigenvalue weighted by Crippen LogP contribution is 2.39. The monoisotopic (exact) mass is 276 g/mol. The molecule has 8 nitrogen and oxygen atoms in total. The van der Waals surface area contributed by atoms with E-state index >= 15 is 0 Å². The summed E-state index contributed by atoms with van der Waals surface area (Å²) in [5.41, 5.74) is 0.0766. The summed E-state index contributed by atoms with van der Waals surface area (Å²) in [6, 6.07) is 2.82. The van der Waals surface area contributed by atoms with Crippen molar-refractivity contribution in [2.24, 2.45) is 9.63 Å². The van der Waals surface area contributed by atoms with Gasteiger partial charge in [-0.1, -0.05) is 0 Å². The van der Waals surface area contributed by atoms with E-state index in [1.165, 1.54) is 33.5 Å². The standard InChI is InChI=1S/C9H12N2O6S/c1-15-7-5-9(17-3)8(16-2)4-6(7)10-11-18(12,13)14/h4-5H,1-3H3,(H,12,13,14). The van der Waals surface area contributed by atoms with Crippen molar-refractivity contribution in [2.45, 2.75) is 0 Å². The van der Waals surface area contributed by atoms with Gasteiger partial charge in [-0.2, -0.15) is 8.42 Å². The van der Waals surface area contributed by atoms with Crippen molar-refractivity contribution in [3.05, 3.63) is 12.1 Å². The van der Waals surface area contributed by atoms with E-state index in [0.717, 1.165) is 0 Å². The van der Waals surface area contributed by atoms with Crippen LogP contribution in [0, 0.1) is 0 Å². The SMILES string of the molecule is COc1cc(OC)c(OC)cc1N=NS(=O)(=O)O. The van der Waals surface area contributed by atoms with E-state index in [-0.39, 0.29) is 11.4 Å². The van der Waals surface area contributed by atoms with E-state index in [2.05, 4.69) is 9.63 Å². The number of rotatable bonds is 5. The fourth-order valence-corrected chi connectivity index (χ4v) is 1.38. The highest BCUT2D eigenvalue weighted by Gasteiger charge is 2.12. The molecule has 1 rings (SSSR count). The second kappa shape index (κ2) is 5.65. The molecule has 0 fully saturated rings. The molecule has 0 aromatic heterocycles. The van der Waals surface area contributed by atoms with Gasteiger partial charge in [0.05, 0.1) is 21.3 Å². The molecule has 0 saturated heterocycles. The molecule has 0 unspecified atom stereocenters. The van der Waals surface area contributed by atoms with E-state index in [4.69, 9.17) is 18.8 Å². The molecular weight excluding hydrogens is 264 g/mol. The third kappa shape index (κ3) is 3.57. The van der Waals surface area contributed by atoms with E-state index < -0.39 is 10.3 Å². The maximum Gasteiger partial charge on any atom is 0.396 e. The van der Waals surface area contributed by atoms with Crippen LogP contribution in [0.25, 0.3) is 0 Å². The Morgan fingerprint density at radius 1 is 1.00 bits per heavy atom. The van der Waals surface area contributed by atoms with Crippen LogP contribution in [0.3, 0.4) is 0 Å². The lowest BCUT2D eigenvalue weighted by atomic mass is 10.2. The first-order valence-electron chi connectivity index (χ1n) is 4.61. The predicted molar refractivity (Wildman–Crippen MR) is 62.2 cm³/mol. The Morgan fingerprint density at radius 2 is 1.50 bits per heavy atom. The average molecular weight is 276 g/mol. The van der Waals surface area contributed by atoms with E-state index in [9.17, 15) is 8.42 Å². The number of ether oxygens (including phenoxy) is 3. The smallest absolute Gasteiger partial charge is 0.396 e. The van der Waals surface area contributed by atoms with E-state index in [1.54, 1.807) is 0 Å². The molecule has 1 aromatic rings. The Bertz CT molecular complexity index is 554. The van der Waals surface area contributed by atoms with Crippen molar-refractivity contribution in [2.75, 3.05) is 21.3 Å². The summed E-state index contributed by atoms with van der Waals surface area (Å²) in [6.07, 6.45) is 0. The van der Waals surface area contributed by atoms with Crippen molar-refractivity contribution < 1.29 is 27.2 Å². The molecule has 0 atom stereocenters. The summed E-state index contributed by atoms with van der Waals surface area (Å²) >= 11 is 0. The van der Waals surface area contributed by atoms with Crippen LogP contribution in [0.1, 0.15) is 0 Å². The van der Waals surface area contributed by atoms with Gasteiger partial charge in [-0.25, -0.2) is 0 Å². The largest absolute Gasteiger partial charge is 0.494 e. The minimum Gasteiger partial charge on any atom is -0.494 e. The van der Waals surface area contributed by atoms with Gasteiger partial charge >= 0.3 is 10.3 Å². The number of methoxy groups -OCH3 is 3. The zero-order valence-electron chi connectivity index (χ0n) is 9.95. The maximum atomic E-state index is 10.5. The summed E-state index contributed by atoms with van der Waals surface area (Å²) in [6.45, 7) is 0. The zero-order chi connectivity index (χ0) is 13.8. The van der Waals surface area contributed by atoms with Crippen LogP contribution in [0.4, 0.5) is 5.69 Å². The Balaban J connectivity index is 3.30. The normalized spacial score (nSPS) is 11.6. The molecule has 0 spiro atoms. The molecule has 0 radical (unpaired) electrons. The van der Waals surface area contributed by atoms with Gasteiger partial charge in [-0.3, -0.25) is 4.55 Å². The molecule has 0 aliphatic heterocycles. The lowest BCUT2D eigenvalue weighted by Gasteiger charge is -2.10. The molecule has 0 aliphatic carbocycles. The lowest BCUT2D eigenvalue weighted by Crippen LogP contribution is -1.93. The van der Waals surface area contributed by atoms with Gasteiger partial charge in [0.15, 0.2) is 11.5 Å².